The standard InChI is InChI=1S/C26H33N3O3/c1-19-15-20(2)29(27-19)18-22-16-21(9-10-24(22)31-3)17-28-13-11-26(30,12-14-28)23-7-5-6-8-25(23)32-4/h5-10,15-16,30H,11-14,17-18H2,1-4H3. The van der Waals surface area contributed by atoms with Gasteiger partial charge < -0.3 is 14.6 Å². The average Bonchev–Trinajstić information content (AvgIpc) is 3.12. The quantitative estimate of drug-likeness (QED) is 0.607. The maximum absolute atomic E-state index is 11.3. The van der Waals surface area contributed by atoms with Gasteiger partial charge in [-0.25, -0.2) is 0 Å². The Labute approximate surface area is 190 Å². The highest BCUT2D eigenvalue weighted by atomic mass is 16.5. The monoisotopic (exact) mass is 435 g/mol. The van der Waals surface area contributed by atoms with Crippen molar-refractivity contribution >= 4 is 0 Å². The van der Waals surface area contributed by atoms with E-state index in [4.69, 9.17) is 9.47 Å². The first-order chi connectivity index (χ1) is 15.4. The van der Waals surface area contributed by atoms with Gasteiger partial charge in [-0.2, -0.15) is 5.10 Å². The Morgan fingerprint density at radius 2 is 1.66 bits per heavy atom. The van der Waals surface area contributed by atoms with E-state index in [1.54, 1.807) is 14.2 Å². The lowest BCUT2D eigenvalue weighted by atomic mass is 9.83. The summed E-state index contributed by atoms with van der Waals surface area (Å²) in [7, 11) is 3.37. The second-order valence-corrected chi connectivity index (χ2v) is 8.74. The number of piperidine rings is 1. The molecule has 1 aromatic heterocycles. The topological polar surface area (TPSA) is 59.8 Å². The van der Waals surface area contributed by atoms with Gasteiger partial charge in [0, 0.05) is 36.5 Å². The zero-order chi connectivity index (χ0) is 22.7. The van der Waals surface area contributed by atoms with Crippen LogP contribution in [0.1, 0.15) is 40.9 Å². The normalized spacial score (nSPS) is 16.2. The number of aliphatic hydroxyl groups is 1. The van der Waals surface area contributed by atoms with Crippen LogP contribution in [0.4, 0.5) is 0 Å². The van der Waals surface area contributed by atoms with Gasteiger partial charge in [-0.15, -0.1) is 0 Å². The van der Waals surface area contributed by atoms with Crippen LogP contribution in [0.25, 0.3) is 0 Å². The Kier molecular flexibility index (Phi) is 6.53. The fourth-order valence-corrected chi connectivity index (χ4v) is 4.69. The Morgan fingerprint density at radius 3 is 2.31 bits per heavy atom. The third kappa shape index (κ3) is 4.66. The second-order valence-electron chi connectivity index (χ2n) is 8.74. The van der Waals surface area contributed by atoms with Crippen LogP contribution >= 0.6 is 0 Å². The summed E-state index contributed by atoms with van der Waals surface area (Å²) < 4.78 is 13.1. The van der Waals surface area contributed by atoms with E-state index in [1.165, 1.54) is 5.56 Å². The van der Waals surface area contributed by atoms with Crippen LogP contribution < -0.4 is 9.47 Å². The molecule has 6 nitrogen and oxygen atoms in total. The molecule has 1 N–H and O–H groups in total. The molecule has 0 saturated carbocycles. The van der Waals surface area contributed by atoms with E-state index in [9.17, 15) is 5.11 Å². The van der Waals surface area contributed by atoms with Crippen molar-refractivity contribution < 1.29 is 14.6 Å². The van der Waals surface area contributed by atoms with Crippen LogP contribution in [0.3, 0.4) is 0 Å². The first kappa shape index (κ1) is 22.4. The number of para-hydroxylation sites is 1. The summed E-state index contributed by atoms with van der Waals surface area (Å²) in [5.74, 6) is 1.64. The summed E-state index contributed by atoms with van der Waals surface area (Å²) in [6, 6.07) is 16.3. The van der Waals surface area contributed by atoms with Gasteiger partial charge >= 0.3 is 0 Å². The third-order valence-corrected chi connectivity index (χ3v) is 6.47. The first-order valence-electron chi connectivity index (χ1n) is 11.2. The number of aromatic nitrogens is 2. The molecular weight excluding hydrogens is 402 g/mol. The van der Waals surface area contributed by atoms with Gasteiger partial charge in [-0.05, 0) is 56.5 Å². The van der Waals surface area contributed by atoms with Gasteiger partial charge in [0.1, 0.15) is 11.5 Å². The van der Waals surface area contributed by atoms with Crippen molar-refractivity contribution in [1.29, 1.82) is 0 Å². The third-order valence-electron chi connectivity index (χ3n) is 6.47. The lowest BCUT2D eigenvalue weighted by Crippen LogP contribution is -2.42. The number of methoxy groups -OCH3 is 2. The highest BCUT2D eigenvalue weighted by Gasteiger charge is 2.36. The maximum Gasteiger partial charge on any atom is 0.124 e. The van der Waals surface area contributed by atoms with Crippen molar-refractivity contribution in [2.45, 2.75) is 45.4 Å². The number of nitrogens with zero attached hydrogens (tertiary/aromatic N) is 3. The SMILES string of the molecule is COc1ccc(CN2CCC(O)(c3ccccc3OC)CC2)cc1Cn1nc(C)cc1C. The molecule has 0 unspecified atom stereocenters. The average molecular weight is 436 g/mol. The number of likely N-dealkylation sites (tertiary alicyclic amines) is 1. The van der Waals surface area contributed by atoms with Crippen molar-refractivity contribution in [3.05, 3.63) is 76.6 Å². The summed E-state index contributed by atoms with van der Waals surface area (Å²) in [5, 5.41) is 15.9. The fraction of sp³-hybridized carbons (Fsp3) is 0.423. The van der Waals surface area contributed by atoms with Crippen LogP contribution in [0, 0.1) is 13.8 Å². The summed E-state index contributed by atoms with van der Waals surface area (Å²) in [4.78, 5) is 2.40. The summed E-state index contributed by atoms with van der Waals surface area (Å²) in [6.45, 7) is 7.27. The molecule has 0 amide bonds. The Hall–Kier alpha value is -2.83. The minimum Gasteiger partial charge on any atom is -0.496 e. The number of ether oxygens (including phenoxy) is 2. The van der Waals surface area contributed by atoms with Crippen LogP contribution in [-0.2, 0) is 18.7 Å². The number of benzene rings is 2. The second kappa shape index (κ2) is 9.35. The molecular formula is C26H33N3O3. The molecule has 1 fully saturated rings. The predicted molar refractivity (Wildman–Crippen MR) is 125 cm³/mol. The van der Waals surface area contributed by atoms with Gasteiger partial charge in [0.05, 0.1) is 32.1 Å². The van der Waals surface area contributed by atoms with Crippen LogP contribution in [0.5, 0.6) is 11.5 Å². The predicted octanol–water partition coefficient (Wildman–Crippen LogP) is 4.05. The number of aryl methyl sites for hydroxylation is 2. The van der Waals surface area contributed by atoms with E-state index in [2.05, 4.69) is 35.1 Å². The van der Waals surface area contributed by atoms with Crippen molar-refractivity contribution in [2.24, 2.45) is 0 Å². The van der Waals surface area contributed by atoms with E-state index in [0.717, 1.165) is 53.6 Å². The van der Waals surface area contributed by atoms with Gasteiger partial charge in [-0.3, -0.25) is 9.58 Å². The van der Waals surface area contributed by atoms with E-state index in [1.807, 2.05) is 41.9 Å². The summed E-state index contributed by atoms with van der Waals surface area (Å²) >= 11 is 0. The largest absolute Gasteiger partial charge is 0.496 e. The smallest absolute Gasteiger partial charge is 0.124 e. The minimum absolute atomic E-state index is 0.683. The summed E-state index contributed by atoms with van der Waals surface area (Å²) in [6.07, 6.45) is 1.37. The van der Waals surface area contributed by atoms with Crippen molar-refractivity contribution in [3.8, 4) is 11.5 Å². The lowest BCUT2D eigenvalue weighted by Gasteiger charge is -2.39. The van der Waals surface area contributed by atoms with Crippen molar-refractivity contribution in [1.82, 2.24) is 14.7 Å². The first-order valence-corrected chi connectivity index (χ1v) is 11.2. The molecule has 1 aliphatic heterocycles. The molecule has 1 aliphatic rings. The molecule has 0 aliphatic carbocycles. The molecule has 0 bridgehead atoms. The number of hydrogen-bond donors (Lipinski definition) is 1. The molecule has 2 aromatic carbocycles. The van der Waals surface area contributed by atoms with Crippen LogP contribution in [0.2, 0.25) is 0 Å². The number of hydrogen-bond acceptors (Lipinski definition) is 5. The van der Waals surface area contributed by atoms with Gasteiger partial charge in [0.15, 0.2) is 0 Å². The van der Waals surface area contributed by atoms with Crippen molar-refractivity contribution in [3.63, 3.8) is 0 Å². The lowest BCUT2D eigenvalue weighted by molar-refractivity contribution is -0.0292. The highest BCUT2D eigenvalue weighted by Crippen LogP contribution is 2.38. The molecule has 4 rings (SSSR count). The fourth-order valence-electron chi connectivity index (χ4n) is 4.69. The molecule has 1 saturated heterocycles. The zero-order valence-electron chi connectivity index (χ0n) is 19.5. The van der Waals surface area contributed by atoms with Gasteiger partial charge in [-0.1, -0.05) is 24.3 Å². The molecule has 0 atom stereocenters. The van der Waals surface area contributed by atoms with E-state index in [0.29, 0.717) is 19.4 Å². The minimum atomic E-state index is -0.844. The molecule has 3 aromatic rings. The van der Waals surface area contributed by atoms with Crippen LogP contribution in [0.15, 0.2) is 48.5 Å². The van der Waals surface area contributed by atoms with Gasteiger partial charge in [0.2, 0.25) is 0 Å². The zero-order valence-corrected chi connectivity index (χ0v) is 19.5. The Bertz CT molecular complexity index is 1070. The molecule has 2 heterocycles. The molecule has 170 valence electrons. The Morgan fingerprint density at radius 1 is 0.938 bits per heavy atom. The molecule has 6 heteroatoms. The Balaban J connectivity index is 1.45. The van der Waals surface area contributed by atoms with E-state index < -0.39 is 5.60 Å². The van der Waals surface area contributed by atoms with E-state index in [-0.39, 0.29) is 0 Å². The highest BCUT2D eigenvalue weighted by molar-refractivity contribution is 5.39. The van der Waals surface area contributed by atoms with Crippen molar-refractivity contribution in [2.75, 3.05) is 27.3 Å². The molecule has 0 radical (unpaired) electrons. The molecule has 0 spiro atoms. The number of rotatable bonds is 7. The maximum atomic E-state index is 11.3. The van der Waals surface area contributed by atoms with E-state index >= 15 is 0 Å². The van der Waals surface area contributed by atoms with Crippen LogP contribution in [-0.4, -0.2) is 47.1 Å². The summed E-state index contributed by atoms with van der Waals surface area (Å²) in [5.41, 5.74) is 4.57. The van der Waals surface area contributed by atoms with Gasteiger partial charge in [0.25, 0.3) is 0 Å². The molecule has 32 heavy (non-hydrogen) atoms.